The molecule has 1 aromatic heterocycles. The molecule has 0 amide bonds. The Hall–Kier alpha value is -2.79. The molecule has 0 aliphatic heterocycles. The van der Waals surface area contributed by atoms with Gasteiger partial charge in [0.25, 0.3) is 0 Å². The van der Waals surface area contributed by atoms with Crippen LogP contribution in [0, 0.1) is 0 Å². The van der Waals surface area contributed by atoms with Crippen LogP contribution in [-0.2, 0) is 6.61 Å². The maximum atomic E-state index is 12.2. The highest BCUT2D eigenvalue weighted by molar-refractivity contribution is 9.10. The molecule has 0 atom stereocenters. The van der Waals surface area contributed by atoms with E-state index in [1.807, 2.05) is 30.3 Å². The number of allylic oxidation sites excluding steroid dienone is 1. The number of methoxy groups -OCH3 is 1. The Labute approximate surface area is 160 Å². The molecular formula is C21H17BrO4. The number of ketones is 1. The highest BCUT2D eigenvalue weighted by atomic mass is 79.9. The third kappa shape index (κ3) is 4.86. The minimum absolute atomic E-state index is 0.118. The lowest BCUT2D eigenvalue weighted by atomic mass is 10.1. The fraction of sp³-hybridized carbons (Fsp3) is 0.0952. The van der Waals surface area contributed by atoms with Crippen LogP contribution in [0.1, 0.15) is 21.9 Å². The molecule has 0 unspecified atom stereocenters. The highest BCUT2D eigenvalue weighted by Crippen LogP contribution is 2.20. The van der Waals surface area contributed by atoms with E-state index < -0.39 is 0 Å². The predicted molar refractivity (Wildman–Crippen MR) is 104 cm³/mol. The second-order valence-electron chi connectivity index (χ2n) is 5.48. The van der Waals surface area contributed by atoms with Crippen molar-refractivity contribution < 1.29 is 18.7 Å². The summed E-state index contributed by atoms with van der Waals surface area (Å²) in [6.07, 6.45) is 3.12. The number of carbonyl (C=O) groups excluding carboxylic acids is 1. The summed E-state index contributed by atoms with van der Waals surface area (Å²) in [6, 6.07) is 18.2. The SMILES string of the molecule is COc1cccc(C(=O)/C=C/c2ccc(COc3cccc(Br)c3)o2)c1. The molecule has 0 saturated carbocycles. The molecule has 0 spiro atoms. The Bertz CT molecular complexity index is 927. The van der Waals surface area contributed by atoms with Gasteiger partial charge in [-0.25, -0.2) is 0 Å². The summed E-state index contributed by atoms with van der Waals surface area (Å²) in [6.45, 7) is 0.314. The molecule has 0 aliphatic carbocycles. The summed E-state index contributed by atoms with van der Waals surface area (Å²) in [5.74, 6) is 2.55. The van der Waals surface area contributed by atoms with Crippen LogP contribution in [0.4, 0.5) is 0 Å². The number of furan rings is 1. The number of hydrogen-bond acceptors (Lipinski definition) is 4. The molecule has 0 radical (unpaired) electrons. The summed E-state index contributed by atoms with van der Waals surface area (Å²) >= 11 is 3.40. The lowest BCUT2D eigenvalue weighted by Gasteiger charge is -2.04. The quantitative estimate of drug-likeness (QED) is 0.378. The molecule has 0 N–H and O–H groups in total. The zero-order chi connectivity index (χ0) is 18.4. The van der Waals surface area contributed by atoms with Crippen molar-refractivity contribution in [1.29, 1.82) is 0 Å². The molecule has 0 saturated heterocycles. The molecule has 2 aromatic carbocycles. The average molecular weight is 413 g/mol. The first-order chi connectivity index (χ1) is 12.6. The van der Waals surface area contributed by atoms with Gasteiger partial charge in [0.15, 0.2) is 5.78 Å². The minimum Gasteiger partial charge on any atom is -0.497 e. The summed E-state index contributed by atoms with van der Waals surface area (Å²) in [5, 5.41) is 0. The zero-order valence-corrected chi connectivity index (χ0v) is 15.7. The first kappa shape index (κ1) is 18.0. The van der Waals surface area contributed by atoms with Crippen molar-refractivity contribution in [2.75, 3.05) is 7.11 Å². The fourth-order valence-electron chi connectivity index (χ4n) is 2.30. The van der Waals surface area contributed by atoms with E-state index in [4.69, 9.17) is 13.9 Å². The van der Waals surface area contributed by atoms with Gasteiger partial charge < -0.3 is 13.9 Å². The van der Waals surface area contributed by atoms with Gasteiger partial charge in [0.2, 0.25) is 0 Å². The third-order valence-electron chi connectivity index (χ3n) is 3.61. The van der Waals surface area contributed by atoms with Crippen molar-refractivity contribution in [3.8, 4) is 11.5 Å². The molecule has 1 heterocycles. The number of benzene rings is 2. The number of hydrogen-bond donors (Lipinski definition) is 0. The first-order valence-corrected chi connectivity index (χ1v) is 8.77. The molecule has 132 valence electrons. The minimum atomic E-state index is -0.118. The maximum absolute atomic E-state index is 12.2. The number of rotatable bonds is 7. The third-order valence-corrected chi connectivity index (χ3v) is 4.11. The molecule has 5 heteroatoms. The van der Waals surface area contributed by atoms with Crippen LogP contribution in [-0.4, -0.2) is 12.9 Å². The van der Waals surface area contributed by atoms with Gasteiger partial charge in [-0.05, 0) is 54.6 Å². The smallest absolute Gasteiger partial charge is 0.186 e. The largest absolute Gasteiger partial charge is 0.497 e. The van der Waals surface area contributed by atoms with Gasteiger partial charge in [-0.3, -0.25) is 4.79 Å². The van der Waals surface area contributed by atoms with E-state index in [1.165, 1.54) is 6.08 Å². The number of halogens is 1. The lowest BCUT2D eigenvalue weighted by molar-refractivity contribution is 0.104. The summed E-state index contributed by atoms with van der Waals surface area (Å²) in [7, 11) is 1.57. The normalized spacial score (nSPS) is 10.8. The van der Waals surface area contributed by atoms with Crippen LogP contribution in [0.3, 0.4) is 0 Å². The van der Waals surface area contributed by atoms with Gasteiger partial charge in [0.05, 0.1) is 7.11 Å². The zero-order valence-electron chi connectivity index (χ0n) is 14.1. The van der Waals surface area contributed by atoms with Gasteiger partial charge in [0, 0.05) is 10.0 Å². The van der Waals surface area contributed by atoms with E-state index in [-0.39, 0.29) is 5.78 Å². The van der Waals surface area contributed by atoms with Gasteiger partial charge in [-0.1, -0.05) is 34.1 Å². The fourth-order valence-corrected chi connectivity index (χ4v) is 2.68. The van der Waals surface area contributed by atoms with Crippen molar-refractivity contribution in [2.24, 2.45) is 0 Å². The summed E-state index contributed by atoms with van der Waals surface area (Å²) in [5.41, 5.74) is 0.561. The van der Waals surface area contributed by atoms with Crippen LogP contribution in [0.15, 0.2) is 75.6 Å². The second-order valence-corrected chi connectivity index (χ2v) is 6.40. The van der Waals surface area contributed by atoms with Crippen molar-refractivity contribution >= 4 is 27.8 Å². The Morgan fingerprint density at radius 2 is 1.88 bits per heavy atom. The molecule has 0 aliphatic rings. The van der Waals surface area contributed by atoms with E-state index in [2.05, 4.69) is 15.9 Å². The van der Waals surface area contributed by atoms with Gasteiger partial charge in [0.1, 0.15) is 29.6 Å². The van der Waals surface area contributed by atoms with Crippen molar-refractivity contribution in [1.82, 2.24) is 0 Å². The maximum Gasteiger partial charge on any atom is 0.186 e. The summed E-state index contributed by atoms with van der Waals surface area (Å²) in [4.78, 5) is 12.2. The molecule has 0 bridgehead atoms. The molecule has 3 aromatic rings. The molecule has 4 nitrogen and oxygen atoms in total. The molecule has 0 fully saturated rings. The number of carbonyl (C=O) groups is 1. The Morgan fingerprint density at radius 3 is 2.69 bits per heavy atom. The Morgan fingerprint density at radius 1 is 1.08 bits per heavy atom. The second kappa shape index (κ2) is 8.54. The van der Waals surface area contributed by atoms with Gasteiger partial charge in [-0.2, -0.15) is 0 Å². The van der Waals surface area contributed by atoms with E-state index >= 15 is 0 Å². The van der Waals surface area contributed by atoms with Crippen molar-refractivity contribution in [2.45, 2.75) is 6.61 Å². The van der Waals surface area contributed by atoms with Crippen molar-refractivity contribution in [3.05, 3.63) is 88.3 Å². The van der Waals surface area contributed by atoms with E-state index in [1.54, 1.807) is 43.5 Å². The number of ether oxygens (including phenoxy) is 2. The van der Waals surface area contributed by atoms with E-state index in [0.29, 0.717) is 29.4 Å². The Kier molecular flexibility index (Phi) is 5.92. The first-order valence-electron chi connectivity index (χ1n) is 7.97. The van der Waals surface area contributed by atoms with Crippen LogP contribution >= 0.6 is 15.9 Å². The van der Waals surface area contributed by atoms with E-state index in [0.717, 1.165) is 10.2 Å². The standard InChI is InChI=1S/C21H17BrO4/c1-24-18-6-2-4-15(12-18)21(23)11-10-17-8-9-20(26-17)14-25-19-7-3-5-16(22)13-19/h2-13H,14H2,1H3/b11-10+. The molecule has 3 rings (SSSR count). The Balaban J connectivity index is 1.60. The van der Waals surface area contributed by atoms with Gasteiger partial charge >= 0.3 is 0 Å². The van der Waals surface area contributed by atoms with Crippen LogP contribution in [0.5, 0.6) is 11.5 Å². The van der Waals surface area contributed by atoms with E-state index in [9.17, 15) is 4.79 Å². The highest BCUT2D eigenvalue weighted by Gasteiger charge is 2.05. The van der Waals surface area contributed by atoms with Crippen LogP contribution < -0.4 is 9.47 Å². The van der Waals surface area contributed by atoms with Crippen LogP contribution in [0.25, 0.3) is 6.08 Å². The van der Waals surface area contributed by atoms with Gasteiger partial charge in [-0.15, -0.1) is 0 Å². The average Bonchev–Trinajstić information content (AvgIpc) is 3.12. The molecular weight excluding hydrogens is 396 g/mol. The van der Waals surface area contributed by atoms with Crippen LogP contribution in [0.2, 0.25) is 0 Å². The lowest BCUT2D eigenvalue weighted by Crippen LogP contribution is -1.94. The topological polar surface area (TPSA) is 48.7 Å². The van der Waals surface area contributed by atoms with Crippen molar-refractivity contribution in [3.63, 3.8) is 0 Å². The molecule has 26 heavy (non-hydrogen) atoms. The summed E-state index contributed by atoms with van der Waals surface area (Å²) < 4.78 is 17.4. The monoisotopic (exact) mass is 412 g/mol. The predicted octanol–water partition coefficient (Wildman–Crippen LogP) is 5.53.